The number of ether oxygens (including phenoxy) is 1. The molecule has 1 aliphatic heterocycles. The van der Waals surface area contributed by atoms with Gasteiger partial charge in [0, 0.05) is 26.1 Å². The number of hydrogen-bond donors (Lipinski definition) is 0. The number of carbonyl (C=O) groups excluding carboxylic acids is 1. The first kappa shape index (κ1) is 11.1. The highest BCUT2D eigenvalue weighted by molar-refractivity contribution is 5.39. The molecule has 16 heavy (non-hydrogen) atoms. The van der Waals surface area contributed by atoms with E-state index in [4.69, 9.17) is 4.74 Å². The SMILES string of the molecule is Cc1cccc(C2(N=C=O)CCOCC2)c1. The maximum absolute atomic E-state index is 10.6. The van der Waals surface area contributed by atoms with Gasteiger partial charge >= 0.3 is 0 Å². The monoisotopic (exact) mass is 217 g/mol. The molecule has 2 rings (SSSR count). The van der Waals surface area contributed by atoms with Crippen molar-refractivity contribution in [2.75, 3.05) is 13.2 Å². The van der Waals surface area contributed by atoms with E-state index in [0.29, 0.717) is 13.2 Å². The van der Waals surface area contributed by atoms with Crippen LogP contribution in [0.3, 0.4) is 0 Å². The van der Waals surface area contributed by atoms with Gasteiger partial charge in [0.1, 0.15) is 5.54 Å². The zero-order chi connectivity index (χ0) is 11.4. The lowest BCUT2D eigenvalue weighted by Gasteiger charge is -2.32. The first-order valence-corrected chi connectivity index (χ1v) is 5.51. The molecule has 0 saturated carbocycles. The summed E-state index contributed by atoms with van der Waals surface area (Å²) in [5, 5.41) is 0. The zero-order valence-corrected chi connectivity index (χ0v) is 9.40. The predicted molar refractivity (Wildman–Crippen MR) is 61.0 cm³/mol. The Labute approximate surface area is 95.2 Å². The molecule has 1 fully saturated rings. The highest BCUT2D eigenvalue weighted by Crippen LogP contribution is 2.36. The van der Waals surface area contributed by atoms with Crippen LogP contribution in [0, 0.1) is 6.92 Å². The van der Waals surface area contributed by atoms with Crippen LogP contribution in [0.4, 0.5) is 0 Å². The molecule has 1 heterocycles. The van der Waals surface area contributed by atoms with Crippen LogP contribution in [0.25, 0.3) is 0 Å². The molecule has 0 unspecified atom stereocenters. The van der Waals surface area contributed by atoms with Gasteiger partial charge in [0.25, 0.3) is 0 Å². The minimum atomic E-state index is -0.411. The molecule has 0 aliphatic carbocycles. The Morgan fingerprint density at radius 3 is 2.75 bits per heavy atom. The molecule has 1 aromatic rings. The van der Waals surface area contributed by atoms with Crippen LogP contribution in [-0.2, 0) is 15.1 Å². The highest BCUT2D eigenvalue weighted by Gasteiger charge is 2.34. The fraction of sp³-hybridized carbons (Fsp3) is 0.462. The molecule has 3 heteroatoms. The number of aliphatic imine (C=N–C) groups is 1. The van der Waals surface area contributed by atoms with E-state index in [1.54, 1.807) is 6.08 Å². The fourth-order valence-electron chi connectivity index (χ4n) is 2.20. The Hall–Kier alpha value is -1.44. The Bertz CT molecular complexity index is 416. The lowest BCUT2D eigenvalue weighted by atomic mass is 9.83. The Kier molecular flexibility index (Phi) is 3.18. The third-order valence-corrected chi connectivity index (χ3v) is 3.14. The molecule has 0 amide bonds. The average molecular weight is 217 g/mol. The van der Waals surface area contributed by atoms with Crippen molar-refractivity contribution in [1.82, 2.24) is 0 Å². The van der Waals surface area contributed by atoms with E-state index in [2.05, 4.69) is 11.1 Å². The van der Waals surface area contributed by atoms with Gasteiger partial charge in [-0.2, -0.15) is 4.99 Å². The molecule has 1 saturated heterocycles. The number of benzene rings is 1. The van der Waals surface area contributed by atoms with Gasteiger partial charge in [-0.25, -0.2) is 4.79 Å². The van der Waals surface area contributed by atoms with Gasteiger partial charge in [0.2, 0.25) is 6.08 Å². The van der Waals surface area contributed by atoms with E-state index in [1.165, 1.54) is 5.56 Å². The number of hydrogen-bond acceptors (Lipinski definition) is 3. The molecular weight excluding hydrogens is 202 g/mol. The van der Waals surface area contributed by atoms with Crippen molar-refractivity contribution in [3.8, 4) is 0 Å². The van der Waals surface area contributed by atoms with Crippen LogP contribution in [-0.4, -0.2) is 19.3 Å². The normalized spacial score (nSPS) is 18.8. The summed E-state index contributed by atoms with van der Waals surface area (Å²) >= 11 is 0. The first-order chi connectivity index (χ1) is 7.77. The highest BCUT2D eigenvalue weighted by atomic mass is 16.5. The van der Waals surface area contributed by atoms with Crippen molar-refractivity contribution in [3.05, 3.63) is 35.4 Å². The quantitative estimate of drug-likeness (QED) is 0.563. The van der Waals surface area contributed by atoms with Gasteiger partial charge in [-0.05, 0) is 12.5 Å². The molecule has 1 aliphatic rings. The van der Waals surface area contributed by atoms with Crippen molar-refractivity contribution >= 4 is 6.08 Å². The summed E-state index contributed by atoms with van der Waals surface area (Å²) in [6.45, 7) is 3.35. The number of isocyanates is 1. The van der Waals surface area contributed by atoms with Crippen molar-refractivity contribution in [1.29, 1.82) is 0 Å². The Balaban J connectivity index is 2.42. The van der Waals surface area contributed by atoms with E-state index in [-0.39, 0.29) is 0 Å². The van der Waals surface area contributed by atoms with E-state index in [9.17, 15) is 4.79 Å². The molecule has 0 aromatic heterocycles. The van der Waals surface area contributed by atoms with Crippen LogP contribution >= 0.6 is 0 Å². The largest absolute Gasteiger partial charge is 0.381 e. The minimum Gasteiger partial charge on any atom is -0.381 e. The summed E-state index contributed by atoms with van der Waals surface area (Å²) in [4.78, 5) is 14.6. The van der Waals surface area contributed by atoms with Gasteiger partial charge in [-0.3, -0.25) is 0 Å². The van der Waals surface area contributed by atoms with Crippen molar-refractivity contribution in [2.24, 2.45) is 4.99 Å². The summed E-state index contributed by atoms with van der Waals surface area (Å²) in [7, 11) is 0. The number of aryl methyl sites for hydroxylation is 1. The third-order valence-electron chi connectivity index (χ3n) is 3.14. The third kappa shape index (κ3) is 2.06. The summed E-state index contributed by atoms with van der Waals surface area (Å²) in [5.74, 6) is 0. The summed E-state index contributed by atoms with van der Waals surface area (Å²) in [6.07, 6.45) is 3.23. The molecule has 0 N–H and O–H groups in total. The predicted octanol–water partition coefficient (Wildman–Crippen LogP) is 2.34. The van der Waals surface area contributed by atoms with Gasteiger partial charge in [-0.1, -0.05) is 29.8 Å². The van der Waals surface area contributed by atoms with Gasteiger partial charge in [-0.15, -0.1) is 0 Å². The van der Waals surface area contributed by atoms with Gasteiger partial charge in [0.05, 0.1) is 0 Å². The number of rotatable bonds is 2. The van der Waals surface area contributed by atoms with E-state index in [1.807, 2.05) is 25.1 Å². The second-order valence-electron chi connectivity index (χ2n) is 4.22. The molecule has 3 nitrogen and oxygen atoms in total. The van der Waals surface area contributed by atoms with E-state index < -0.39 is 5.54 Å². The Morgan fingerprint density at radius 2 is 2.12 bits per heavy atom. The molecule has 0 radical (unpaired) electrons. The van der Waals surface area contributed by atoms with Crippen LogP contribution in [0.1, 0.15) is 24.0 Å². The maximum atomic E-state index is 10.6. The molecule has 0 atom stereocenters. The van der Waals surface area contributed by atoms with Crippen molar-refractivity contribution in [2.45, 2.75) is 25.3 Å². The first-order valence-electron chi connectivity index (χ1n) is 5.51. The van der Waals surface area contributed by atoms with Crippen LogP contribution in [0.5, 0.6) is 0 Å². The van der Waals surface area contributed by atoms with Crippen LogP contribution < -0.4 is 0 Å². The average Bonchev–Trinajstić information content (AvgIpc) is 2.31. The maximum Gasteiger partial charge on any atom is 0.235 e. The summed E-state index contributed by atoms with van der Waals surface area (Å²) in [6, 6.07) is 8.16. The lowest BCUT2D eigenvalue weighted by Crippen LogP contribution is -2.31. The van der Waals surface area contributed by atoms with Crippen LogP contribution in [0.15, 0.2) is 29.3 Å². The second kappa shape index (κ2) is 4.60. The van der Waals surface area contributed by atoms with Crippen LogP contribution in [0.2, 0.25) is 0 Å². The number of nitrogens with zero attached hydrogens (tertiary/aromatic N) is 1. The van der Waals surface area contributed by atoms with Gasteiger partial charge in [0.15, 0.2) is 0 Å². The molecule has 0 spiro atoms. The molecule has 0 bridgehead atoms. The summed E-state index contributed by atoms with van der Waals surface area (Å²) in [5.41, 5.74) is 1.87. The molecule has 1 aromatic carbocycles. The lowest BCUT2D eigenvalue weighted by molar-refractivity contribution is 0.0531. The Morgan fingerprint density at radius 1 is 1.38 bits per heavy atom. The smallest absolute Gasteiger partial charge is 0.235 e. The topological polar surface area (TPSA) is 38.7 Å². The van der Waals surface area contributed by atoms with E-state index in [0.717, 1.165) is 18.4 Å². The van der Waals surface area contributed by atoms with E-state index >= 15 is 0 Å². The zero-order valence-electron chi connectivity index (χ0n) is 9.40. The molecule has 84 valence electrons. The van der Waals surface area contributed by atoms with Gasteiger partial charge < -0.3 is 4.74 Å². The summed E-state index contributed by atoms with van der Waals surface area (Å²) < 4.78 is 5.33. The standard InChI is InChI=1S/C13H15NO2/c1-11-3-2-4-12(9-11)13(14-10-15)5-7-16-8-6-13/h2-4,9H,5-8H2,1H3. The van der Waals surface area contributed by atoms with Crippen molar-refractivity contribution < 1.29 is 9.53 Å². The minimum absolute atomic E-state index is 0.411. The second-order valence-corrected chi connectivity index (χ2v) is 4.22. The fourth-order valence-corrected chi connectivity index (χ4v) is 2.20. The van der Waals surface area contributed by atoms with Crippen molar-refractivity contribution in [3.63, 3.8) is 0 Å². The molecular formula is C13H15NO2.